The lowest BCUT2D eigenvalue weighted by Gasteiger charge is -2.13. The van der Waals surface area contributed by atoms with E-state index in [9.17, 15) is 19.1 Å². The first-order valence-electron chi connectivity index (χ1n) is 7.07. The highest BCUT2D eigenvalue weighted by atomic mass is 32.1. The van der Waals surface area contributed by atoms with E-state index in [4.69, 9.17) is 0 Å². The van der Waals surface area contributed by atoms with Crippen LogP contribution in [-0.2, 0) is 4.79 Å². The average molecular weight is 336 g/mol. The van der Waals surface area contributed by atoms with E-state index >= 15 is 0 Å². The lowest BCUT2D eigenvalue weighted by atomic mass is 10.1. The van der Waals surface area contributed by atoms with Crippen LogP contribution in [-0.4, -0.2) is 30.0 Å². The van der Waals surface area contributed by atoms with Gasteiger partial charge in [0, 0.05) is 36.0 Å². The van der Waals surface area contributed by atoms with Gasteiger partial charge in [-0.1, -0.05) is 18.2 Å². The van der Waals surface area contributed by atoms with Crippen molar-refractivity contribution in [3.63, 3.8) is 0 Å². The highest BCUT2D eigenvalue weighted by Gasteiger charge is 2.13. The molecule has 0 aliphatic rings. The molecule has 1 aromatic heterocycles. The first-order valence-corrected chi connectivity index (χ1v) is 8.02. The predicted molar refractivity (Wildman–Crippen MR) is 85.6 cm³/mol. The Morgan fingerprint density at radius 3 is 2.70 bits per heavy atom. The fourth-order valence-corrected chi connectivity index (χ4v) is 2.58. The third-order valence-electron chi connectivity index (χ3n) is 3.18. The molecule has 122 valence electrons. The predicted octanol–water partition coefficient (Wildman–Crippen LogP) is 1.86. The molecule has 0 radical (unpaired) electrons. The Balaban J connectivity index is 1.69. The van der Waals surface area contributed by atoms with Crippen molar-refractivity contribution in [1.82, 2.24) is 10.6 Å². The number of halogens is 1. The minimum Gasteiger partial charge on any atom is -0.386 e. The Morgan fingerprint density at radius 1 is 1.22 bits per heavy atom. The number of nitrogens with one attached hydrogen (secondary N) is 2. The molecular formula is C16H17FN2O3S. The van der Waals surface area contributed by atoms with E-state index in [2.05, 4.69) is 10.6 Å². The van der Waals surface area contributed by atoms with E-state index in [-0.39, 0.29) is 36.9 Å². The van der Waals surface area contributed by atoms with Gasteiger partial charge in [-0.15, -0.1) is 0 Å². The molecule has 0 bridgehead atoms. The number of rotatable bonds is 7. The number of aliphatic hydroxyl groups is 1. The van der Waals surface area contributed by atoms with Crippen molar-refractivity contribution in [2.75, 3.05) is 13.1 Å². The molecule has 0 aliphatic carbocycles. The Labute approximate surface area is 137 Å². The maximum Gasteiger partial charge on any atom is 0.252 e. The topological polar surface area (TPSA) is 78.4 Å². The first kappa shape index (κ1) is 17.1. The minimum atomic E-state index is -1.11. The van der Waals surface area contributed by atoms with E-state index in [1.54, 1.807) is 22.9 Å². The highest BCUT2D eigenvalue weighted by molar-refractivity contribution is 7.08. The van der Waals surface area contributed by atoms with Gasteiger partial charge in [-0.05, 0) is 17.5 Å². The van der Waals surface area contributed by atoms with E-state index in [0.717, 1.165) is 0 Å². The lowest BCUT2D eigenvalue weighted by Crippen LogP contribution is -2.32. The number of hydrogen-bond acceptors (Lipinski definition) is 4. The Bertz CT molecular complexity index is 661. The van der Waals surface area contributed by atoms with Crippen LogP contribution in [0, 0.1) is 5.82 Å². The van der Waals surface area contributed by atoms with E-state index < -0.39 is 11.9 Å². The molecule has 23 heavy (non-hydrogen) atoms. The molecule has 1 unspecified atom stereocenters. The average Bonchev–Trinajstić information content (AvgIpc) is 3.07. The monoisotopic (exact) mass is 336 g/mol. The summed E-state index contributed by atoms with van der Waals surface area (Å²) in [6.45, 7) is 0.106. The van der Waals surface area contributed by atoms with E-state index in [1.807, 2.05) is 0 Å². The SMILES string of the molecule is O=C(CCNC(=O)c1ccsc1)NCC(O)c1ccccc1F. The molecule has 2 rings (SSSR count). The Kier molecular flexibility index (Phi) is 6.25. The summed E-state index contributed by atoms with van der Waals surface area (Å²) in [6, 6.07) is 7.56. The summed E-state index contributed by atoms with van der Waals surface area (Å²) in [7, 11) is 0. The summed E-state index contributed by atoms with van der Waals surface area (Å²) in [4.78, 5) is 23.3. The molecule has 0 saturated carbocycles. The van der Waals surface area contributed by atoms with Crippen LogP contribution in [0.25, 0.3) is 0 Å². The molecule has 0 fully saturated rings. The van der Waals surface area contributed by atoms with Gasteiger partial charge >= 0.3 is 0 Å². The maximum absolute atomic E-state index is 13.5. The van der Waals surface area contributed by atoms with Crippen LogP contribution in [0.1, 0.15) is 28.4 Å². The summed E-state index contributed by atoms with van der Waals surface area (Å²) in [5.74, 6) is -1.08. The number of amides is 2. The van der Waals surface area contributed by atoms with Gasteiger partial charge in [0.15, 0.2) is 0 Å². The zero-order chi connectivity index (χ0) is 16.7. The maximum atomic E-state index is 13.5. The van der Waals surface area contributed by atoms with Crippen molar-refractivity contribution in [1.29, 1.82) is 0 Å². The van der Waals surface area contributed by atoms with Gasteiger partial charge in [-0.25, -0.2) is 4.39 Å². The van der Waals surface area contributed by atoms with Crippen molar-refractivity contribution in [2.45, 2.75) is 12.5 Å². The fraction of sp³-hybridized carbons (Fsp3) is 0.250. The summed E-state index contributed by atoms with van der Waals surface area (Å²) in [5.41, 5.74) is 0.698. The van der Waals surface area contributed by atoms with Crippen molar-refractivity contribution >= 4 is 23.2 Å². The highest BCUT2D eigenvalue weighted by Crippen LogP contribution is 2.15. The van der Waals surface area contributed by atoms with Gasteiger partial charge in [0.25, 0.3) is 5.91 Å². The Morgan fingerprint density at radius 2 is 2.00 bits per heavy atom. The largest absolute Gasteiger partial charge is 0.386 e. The second kappa shape index (κ2) is 8.40. The Hall–Kier alpha value is -2.25. The third kappa shape index (κ3) is 5.15. The normalized spacial score (nSPS) is 11.7. The number of hydrogen-bond donors (Lipinski definition) is 3. The molecule has 1 heterocycles. The first-order chi connectivity index (χ1) is 11.1. The minimum absolute atomic E-state index is 0.0832. The molecule has 1 aromatic carbocycles. The summed E-state index contributed by atoms with van der Waals surface area (Å²) in [6.07, 6.45) is -1.03. The van der Waals surface area contributed by atoms with Crippen LogP contribution in [0.2, 0.25) is 0 Å². The van der Waals surface area contributed by atoms with Crippen LogP contribution >= 0.6 is 11.3 Å². The zero-order valence-electron chi connectivity index (χ0n) is 12.3. The molecule has 0 saturated heterocycles. The summed E-state index contributed by atoms with van der Waals surface area (Å²) in [5, 5.41) is 18.5. The van der Waals surface area contributed by atoms with Crippen molar-refractivity contribution < 1.29 is 19.1 Å². The lowest BCUT2D eigenvalue weighted by molar-refractivity contribution is -0.121. The van der Waals surface area contributed by atoms with Gasteiger partial charge in [-0.2, -0.15) is 11.3 Å². The molecule has 0 aliphatic heterocycles. The molecule has 5 nitrogen and oxygen atoms in total. The van der Waals surface area contributed by atoms with Crippen LogP contribution in [0.4, 0.5) is 4.39 Å². The molecule has 7 heteroatoms. The molecular weight excluding hydrogens is 319 g/mol. The van der Waals surface area contributed by atoms with Crippen molar-refractivity contribution in [3.8, 4) is 0 Å². The molecule has 2 amide bonds. The van der Waals surface area contributed by atoms with Crippen LogP contribution < -0.4 is 10.6 Å². The quantitative estimate of drug-likeness (QED) is 0.722. The number of carbonyl (C=O) groups is 2. The van der Waals surface area contributed by atoms with Crippen molar-refractivity contribution in [3.05, 3.63) is 58.0 Å². The molecule has 2 aromatic rings. The van der Waals surface area contributed by atoms with E-state index in [0.29, 0.717) is 5.56 Å². The molecule has 1 atom stereocenters. The smallest absolute Gasteiger partial charge is 0.252 e. The summed E-state index contributed by atoms with van der Waals surface area (Å²) < 4.78 is 13.5. The van der Waals surface area contributed by atoms with Gasteiger partial charge in [0.05, 0.1) is 6.10 Å². The fourth-order valence-electron chi connectivity index (χ4n) is 1.94. The summed E-state index contributed by atoms with van der Waals surface area (Å²) >= 11 is 1.42. The van der Waals surface area contributed by atoms with Crippen LogP contribution in [0.5, 0.6) is 0 Å². The second-order valence-electron chi connectivity index (χ2n) is 4.86. The molecule has 3 N–H and O–H groups in total. The van der Waals surface area contributed by atoms with Crippen LogP contribution in [0.3, 0.4) is 0 Å². The van der Waals surface area contributed by atoms with E-state index in [1.165, 1.54) is 29.5 Å². The zero-order valence-corrected chi connectivity index (χ0v) is 13.1. The number of thiophene rings is 1. The van der Waals surface area contributed by atoms with Gasteiger partial charge in [0.2, 0.25) is 5.91 Å². The van der Waals surface area contributed by atoms with Crippen molar-refractivity contribution in [2.24, 2.45) is 0 Å². The standard InChI is InChI=1S/C16H17FN2O3S/c17-13-4-2-1-3-12(13)14(20)9-19-15(21)5-7-18-16(22)11-6-8-23-10-11/h1-4,6,8,10,14,20H,5,7,9H2,(H,18,22)(H,19,21). The van der Waals surface area contributed by atoms with Gasteiger partial charge in [0.1, 0.15) is 5.82 Å². The van der Waals surface area contributed by atoms with Gasteiger partial charge in [-0.3, -0.25) is 9.59 Å². The van der Waals surface area contributed by atoms with Gasteiger partial charge < -0.3 is 15.7 Å². The number of carbonyl (C=O) groups excluding carboxylic acids is 2. The number of aliphatic hydroxyl groups excluding tert-OH is 1. The second-order valence-corrected chi connectivity index (χ2v) is 5.64. The molecule has 0 spiro atoms. The number of benzene rings is 1. The van der Waals surface area contributed by atoms with Crippen LogP contribution in [0.15, 0.2) is 41.1 Å². The third-order valence-corrected chi connectivity index (χ3v) is 3.86.